The monoisotopic (exact) mass is 289 g/mol. The first-order chi connectivity index (χ1) is 10.0. The molecular formula is C16H19NO4. The molecule has 0 unspecified atom stereocenters. The second-order valence-corrected chi connectivity index (χ2v) is 5.30. The number of hydrogen-bond donors (Lipinski definition) is 2. The minimum atomic E-state index is -0.880. The van der Waals surface area contributed by atoms with Crippen LogP contribution in [0.3, 0.4) is 0 Å². The zero-order chi connectivity index (χ0) is 15.3. The highest BCUT2D eigenvalue weighted by molar-refractivity contribution is 5.92. The fourth-order valence-corrected chi connectivity index (χ4v) is 2.43. The zero-order valence-electron chi connectivity index (χ0n) is 12.0. The molecule has 1 fully saturated rings. The Morgan fingerprint density at radius 3 is 2.48 bits per heavy atom. The maximum absolute atomic E-state index is 11.9. The third-order valence-electron chi connectivity index (χ3n) is 3.73. The Kier molecular flexibility index (Phi) is 4.62. The maximum Gasteiger partial charge on any atom is 0.305 e. The van der Waals surface area contributed by atoms with Crippen LogP contribution in [0.1, 0.15) is 31.2 Å². The van der Waals surface area contributed by atoms with E-state index in [4.69, 9.17) is 9.84 Å². The lowest BCUT2D eigenvalue weighted by atomic mass is 9.74. The summed E-state index contributed by atoms with van der Waals surface area (Å²) in [6.07, 6.45) is 5.51. The van der Waals surface area contributed by atoms with E-state index in [0.717, 1.165) is 30.6 Å². The topological polar surface area (TPSA) is 75.6 Å². The van der Waals surface area contributed by atoms with Gasteiger partial charge in [0.2, 0.25) is 5.91 Å². The molecule has 112 valence electrons. The summed E-state index contributed by atoms with van der Waals surface area (Å²) in [7, 11) is 1.60. The summed E-state index contributed by atoms with van der Waals surface area (Å²) < 4.78 is 5.06. The van der Waals surface area contributed by atoms with Crippen molar-refractivity contribution in [1.29, 1.82) is 0 Å². The number of aliphatic carboxylic acids is 1. The molecule has 0 bridgehead atoms. The van der Waals surface area contributed by atoms with Crippen molar-refractivity contribution in [2.24, 2.45) is 0 Å². The summed E-state index contributed by atoms with van der Waals surface area (Å²) in [5.41, 5.74) is 0.319. The number of carbonyl (C=O) groups is 2. The molecule has 21 heavy (non-hydrogen) atoms. The summed E-state index contributed by atoms with van der Waals surface area (Å²) >= 11 is 0. The van der Waals surface area contributed by atoms with Crippen molar-refractivity contribution in [2.75, 3.05) is 7.11 Å². The Balaban J connectivity index is 1.93. The molecule has 0 aromatic heterocycles. The van der Waals surface area contributed by atoms with Crippen LogP contribution in [0.5, 0.6) is 5.75 Å². The van der Waals surface area contributed by atoms with Gasteiger partial charge in [0.15, 0.2) is 0 Å². The lowest BCUT2D eigenvalue weighted by molar-refractivity contribution is -0.140. The van der Waals surface area contributed by atoms with Crippen LogP contribution in [0.4, 0.5) is 0 Å². The van der Waals surface area contributed by atoms with Crippen LogP contribution in [-0.4, -0.2) is 29.6 Å². The zero-order valence-corrected chi connectivity index (χ0v) is 12.0. The van der Waals surface area contributed by atoms with Crippen molar-refractivity contribution in [3.05, 3.63) is 35.9 Å². The van der Waals surface area contributed by atoms with Gasteiger partial charge in [0, 0.05) is 6.08 Å². The number of carboxylic acids is 1. The van der Waals surface area contributed by atoms with Crippen LogP contribution in [-0.2, 0) is 9.59 Å². The molecule has 1 aliphatic rings. The van der Waals surface area contributed by atoms with Crippen LogP contribution >= 0.6 is 0 Å². The van der Waals surface area contributed by atoms with Crippen molar-refractivity contribution < 1.29 is 19.4 Å². The van der Waals surface area contributed by atoms with Crippen LogP contribution < -0.4 is 10.1 Å². The molecule has 2 rings (SSSR count). The molecule has 0 radical (unpaired) electrons. The third-order valence-corrected chi connectivity index (χ3v) is 3.73. The van der Waals surface area contributed by atoms with Gasteiger partial charge in [-0.2, -0.15) is 0 Å². The summed E-state index contributed by atoms with van der Waals surface area (Å²) in [6.45, 7) is 0. The largest absolute Gasteiger partial charge is 0.497 e. The molecule has 5 heteroatoms. The van der Waals surface area contributed by atoms with Crippen molar-refractivity contribution in [2.45, 2.75) is 31.2 Å². The third kappa shape index (κ3) is 4.08. The van der Waals surface area contributed by atoms with Crippen molar-refractivity contribution in [3.63, 3.8) is 0 Å². The van der Waals surface area contributed by atoms with E-state index in [1.54, 1.807) is 13.2 Å². The molecular weight excluding hydrogens is 270 g/mol. The lowest BCUT2D eigenvalue weighted by Crippen LogP contribution is -2.54. The molecule has 1 amide bonds. The normalized spacial score (nSPS) is 16.2. The molecule has 0 heterocycles. The SMILES string of the molecule is COc1ccc(C=CC(=O)NC2(CC(=O)O)CCC2)cc1. The Morgan fingerprint density at radius 2 is 2.00 bits per heavy atom. The van der Waals surface area contributed by atoms with Gasteiger partial charge in [0.1, 0.15) is 5.75 Å². The van der Waals surface area contributed by atoms with Crippen LogP contribution in [0, 0.1) is 0 Å². The number of carboxylic acid groups (broad SMARTS) is 1. The molecule has 0 atom stereocenters. The first-order valence-corrected chi connectivity index (χ1v) is 6.89. The highest BCUT2D eigenvalue weighted by atomic mass is 16.5. The van der Waals surface area contributed by atoms with Gasteiger partial charge in [-0.1, -0.05) is 12.1 Å². The minimum absolute atomic E-state index is 0.0187. The second-order valence-electron chi connectivity index (χ2n) is 5.30. The van der Waals surface area contributed by atoms with Gasteiger partial charge >= 0.3 is 5.97 Å². The summed E-state index contributed by atoms with van der Waals surface area (Å²) in [6, 6.07) is 7.32. The first-order valence-electron chi connectivity index (χ1n) is 6.89. The van der Waals surface area contributed by atoms with Crippen LogP contribution in [0.2, 0.25) is 0 Å². The molecule has 1 aromatic carbocycles. The van der Waals surface area contributed by atoms with Gasteiger partial charge in [-0.05, 0) is 43.0 Å². The highest BCUT2D eigenvalue weighted by Gasteiger charge is 2.39. The number of benzene rings is 1. The average molecular weight is 289 g/mol. The fraction of sp³-hybridized carbons (Fsp3) is 0.375. The van der Waals surface area contributed by atoms with Crippen molar-refractivity contribution in [3.8, 4) is 5.75 Å². The average Bonchev–Trinajstić information content (AvgIpc) is 2.43. The number of hydrogen-bond acceptors (Lipinski definition) is 3. The fourth-order valence-electron chi connectivity index (χ4n) is 2.43. The Hall–Kier alpha value is -2.30. The molecule has 5 nitrogen and oxygen atoms in total. The van der Waals surface area contributed by atoms with E-state index in [2.05, 4.69) is 5.32 Å². The molecule has 2 N–H and O–H groups in total. The number of nitrogens with one attached hydrogen (secondary N) is 1. The summed E-state index contributed by atoms with van der Waals surface area (Å²) in [5.74, 6) is -0.382. The van der Waals surface area contributed by atoms with Crippen LogP contribution in [0.25, 0.3) is 6.08 Å². The summed E-state index contributed by atoms with van der Waals surface area (Å²) in [4.78, 5) is 22.8. The van der Waals surface area contributed by atoms with Gasteiger partial charge in [0.25, 0.3) is 0 Å². The van der Waals surface area contributed by atoms with Gasteiger partial charge in [-0.15, -0.1) is 0 Å². The molecule has 1 aliphatic carbocycles. The maximum atomic E-state index is 11.9. The molecule has 1 saturated carbocycles. The Morgan fingerprint density at radius 1 is 1.33 bits per heavy atom. The van der Waals surface area contributed by atoms with Gasteiger partial charge < -0.3 is 15.2 Å². The quantitative estimate of drug-likeness (QED) is 0.787. The van der Waals surface area contributed by atoms with Crippen LogP contribution in [0.15, 0.2) is 30.3 Å². The standard InChI is InChI=1S/C16H19NO4/c1-21-13-6-3-12(4-7-13)5-8-14(18)17-16(9-2-10-16)11-15(19)20/h3-8H,2,9-11H2,1H3,(H,17,18)(H,19,20). The number of carbonyl (C=O) groups excluding carboxylic acids is 1. The second kappa shape index (κ2) is 6.43. The summed E-state index contributed by atoms with van der Waals surface area (Å²) in [5, 5.41) is 11.7. The number of methoxy groups -OCH3 is 1. The van der Waals surface area contributed by atoms with Crippen molar-refractivity contribution in [1.82, 2.24) is 5.32 Å². The van der Waals surface area contributed by atoms with E-state index in [1.807, 2.05) is 24.3 Å². The first kappa shape index (κ1) is 15.1. The molecule has 1 aromatic rings. The van der Waals surface area contributed by atoms with Gasteiger partial charge in [-0.3, -0.25) is 9.59 Å². The number of amides is 1. The van der Waals surface area contributed by atoms with E-state index in [1.165, 1.54) is 6.08 Å². The van der Waals surface area contributed by atoms with E-state index in [9.17, 15) is 9.59 Å². The van der Waals surface area contributed by atoms with E-state index >= 15 is 0 Å². The Labute approximate surface area is 123 Å². The smallest absolute Gasteiger partial charge is 0.305 e. The van der Waals surface area contributed by atoms with Gasteiger partial charge in [-0.25, -0.2) is 0 Å². The minimum Gasteiger partial charge on any atom is -0.497 e. The molecule has 0 spiro atoms. The predicted octanol–water partition coefficient (Wildman–Crippen LogP) is 2.22. The molecule has 0 aliphatic heterocycles. The lowest BCUT2D eigenvalue weighted by Gasteiger charge is -2.41. The Bertz CT molecular complexity index is 544. The predicted molar refractivity (Wildman–Crippen MR) is 79.0 cm³/mol. The van der Waals surface area contributed by atoms with Gasteiger partial charge in [0.05, 0.1) is 19.1 Å². The van der Waals surface area contributed by atoms with Crippen molar-refractivity contribution >= 4 is 18.0 Å². The van der Waals surface area contributed by atoms with E-state index < -0.39 is 11.5 Å². The highest BCUT2D eigenvalue weighted by Crippen LogP contribution is 2.34. The number of rotatable bonds is 6. The van der Waals surface area contributed by atoms with E-state index in [-0.39, 0.29) is 12.3 Å². The van der Waals surface area contributed by atoms with E-state index in [0.29, 0.717) is 0 Å². The molecule has 0 saturated heterocycles. The number of ether oxygens (including phenoxy) is 1.